The quantitative estimate of drug-likeness (QED) is 0.714. The highest BCUT2D eigenvalue weighted by Gasteiger charge is 2.70. The van der Waals surface area contributed by atoms with E-state index in [0.29, 0.717) is 35.2 Å². The van der Waals surface area contributed by atoms with Crippen molar-refractivity contribution in [2.24, 2.45) is 17.8 Å². The minimum Gasteiger partial charge on any atom is -0.376 e. The number of imide groups is 1. The molecule has 2 N–H and O–H groups in total. The molecule has 5 rings (SSSR count). The number of carbonyl (C=O) groups excluding carboxylic acids is 3. The second kappa shape index (κ2) is 7.04. The van der Waals surface area contributed by atoms with Crippen LogP contribution < -0.4 is 10.6 Å². The normalized spacial score (nSPS) is 34.9. The van der Waals surface area contributed by atoms with Gasteiger partial charge in [0, 0.05) is 28.9 Å². The van der Waals surface area contributed by atoms with Crippen molar-refractivity contribution >= 4 is 35.0 Å². The first-order valence-electron chi connectivity index (χ1n) is 10.7. The van der Waals surface area contributed by atoms with Gasteiger partial charge < -0.3 is 10.1 Å². The molecule has 160 valence electrons. The van der Waals surface area contributed by atoms with Gasteiger partial charge in [0.1, 0.15) is 5.54 Å². The maximum Gasteiger partial charge on any atom is 0.250 e. The summed E-state index contributed by atoms with van der Waals surface area (Å²) in [6.07, 6.45) is 2.34. The van der Waals surface area contributed by atoms with Gasteiger partial charge in [-0.2, -0.15) is 0 Å². The maximum absolute atomic E-state index is 13.6. The summed E-state index contributed by atoms with van der Waals surface area (Å²) in [4.78, 5) is 41.7. The lowest BCUT2D eigenvalue weighted by molar-refractivity contribution is -0.144. The smallest absolute Gasteiger partial charge is 0.250 e. The number of amides is 3. The van der Waals surface area contributed by atoms with E-state index >= 15 is 0 Å². The van der Waals surface area contributed by atoms with E-state index in [0.717, 1.165) is 12.8 Å². The van der Waals surface area contributed by atoms with Crippen molar-refractivity contribution in [3.8, 4) is 0 Å². The summed E-state index contributed by atoms with van der Waals surface area (Å²) in [7, 11) is 0. The van der Waals surface area contributed by atoms with Crippen molar-refractivity contribution in [1.82, 2.24) is 10.2 Å². The Bertz CT molecular complexity index is 929. The van der Waals surface area contributed by atoms with E-state index in [1.807, 2.05) is 0 Å². The zero-order valence-electron chi connectivity index (χ0n) is 17.1. The molecule has 0 unspecified atom stereocenters. The minimum atomic E-state index is -1.28. The largest absolute Gasteiger partial charge is 0.376 e. The molecule has 8 heteroatoms. The van der Waals surface area contributed by atoms with E-state index in [-0.39, 0.29) is 36.4 Å². The third-order valence-electron chi connectivity index (χ3n) is 6.90. The number of halogens is 1. The number of rotatable bonds is 4. The van der Waals surface area contributed by atoms with Gasteiger partial charge in [-0.1, -0.05) is 25.4 Å². The summed E-state index contributed by atoms with van der Waals surface area (Å²) in [5.41, 5.74) is 0.0164. The second-order valence-corrected chi connectivity index (χ2v) is 9.69. The molecule has 5 atom stereocenters. The Morgan fingerprint density at radius 2 is 2.07 bits per heavy atom. The van der Waals surface area contributed by atoms with Gasteiger partial charge in [0.05, 0.1) is 24.5 Å². The molecule has 0 saturated carbocycles. The first kappa shape index (κ1) is 20.0. The summed E-state index contributed by atoms with van der Waals surface area (Å²) in [6.45, 7) is 5.07. The van der Waals surface area contributed by atoms with Crippen molar-refractivity contribution in [2.45, 2.75) is 50.8 Å². The fraction of sp³-hybridized carbons (Fsp3) is 0.591. The summed E-state index contributed by atoms with van der Waals surface area (Å²) in [5.74, 6) is -1.83. The van der Waals surface area contributed by atoms with E-state index in [4.69, 9.17) is 16.3 Å². The van der Waals surface area contributed by atoms with Crippen LogP contribution in [0.15, 0.2) is 18.2 Å². The van der Waals surface area contributed by atoms with Gasteiger partial charge in [0.25, 0.3) is 0 Å². The van der Waals surface area contributed by atoms with E-state index in [1.165, 1.54) is 4.90 Å². The highest BCUT2D eigenvalue weighted by Crippen LogP contribution is 2.54. The van der Waals surface area contributed by atoms with Gasteiger partial charge in [0.2, 0.25) is 17.7 Å². The maximum atomic E-state index is 13.6. The van der Waals surface area contributed by atoms with Gasteiger partial charge in [-0.05, 0) is 43.4 Å². The number of carbonyl (C=O) groups is 3. The van der Waals surface area contributed by atoms with Crippen LogP contribution in [0.3, 0.4) is 0 Å². The summed E-state index contributed by atoms with van der Waals surface area (Å²) in [6, 6.07) is 4.93. The molecule has 3 saturated heterocycles. The van der Waals surface area contributed by atoms with E-state index in [1.54, 1.807) is 18.2 Å². The molecule has 7 nitrogen and oxygen atoms in total. The fourth-order valence-electron chi connectivity index (χ4n) is 5.72. The monoisotopic (exact) mass is 431 g/mol. The first-order chi connectivity index (χ1) is 14.3. The molecule has 4 heterocycles. The van der Waals surface area contributed by atoms with Crippen molar-refractivity contribution in [2.75, 3.05) is 18.5 Å². The lowest BCUT2D eigenvalue weighted by atomic mass is 9.76. The summed E-state index contributed by atoms with van der Waals surface area (Å²) < 4.78 is 5.68. The predicted molar refractivity (Wildman–Crippen MR) is 111 cm³/mol. The van der Waals surface area contributed by atoms with Crippen LogP contribution in [0, 0.1) is 17.8 Å². The van der Waals surface area contributed by atoms with Crippen LogP contribution in [-0.2, 0) is 24.7 Å². The number of anilines is 1. The van der Waals surface area contributed by atoms with Gasteiger partial charge >= 0.3 is 0 Å². The molecule has 0 radical (unpaired) electrons. The Hall–Kier alpha value is -1.96. The van der Waals surface area contributed by atoms with Crippen LogP contribution in [0.5, 0.6) is 0 Å². The van der Waals surface area contributed by atoms with Crippen LogP contribution in [0.4, 0.5) is 5.69 Å². The second-order valence-electron chi connectivity index (χ2n) is 9.26. The number of nitrogens with one attached hydrogen (secondary N) is 2. The van der Waals surface area contributed by atoms with Crippen molar-refractivity contribution in [1.29, 1.82) is 0 Å². The molecule has 3 amide bonds. The highest BCUT2D eigenvalue weighted by atomic mass is 35.5. The van der Waals surface area contributed by atoms with E-state index in [9.17, 15) is 14.4 Å². The van der Waals surface area contributed by atoms with Crippen molar-refractivity contribution in [3.63, 3.8) is 0 Å². The number of hydrogen-bond donors (Lipinski definition) is 2. The predicted octanol–water partition coefficient (Wildman–Crippen LogP) is 2.29. The standard InChI is InChI=1S/C22H26ClN3O4/c1-11(2)8-16-17-18(20(28)26(19(17)27)10-13-4-3-7-30-13)22(25-16)14-9-12(23)5-6-15(14)24-21(22)29/h5-6,9,11,13,16-18,25H,3-4,7-8,10H2,1-2H3,(H,24,29)/t13-,16-,17-,18+,22+/m0/s1. The van der Waals surface area contributed by atoms with Crippen LogP contribution in [-0.4, -0.2) is 47.9 Å². The number of benzene rings is 1. The van der Waals surface area contributed by atoms with Gasteiger partial charge in [-0.25, -0.2) is 0 Å². The average molecular weight is 432 g/mol. The molecule has 1 spiro atoms. The lowest BCUT2D eigenvalue weighted by Crippen LogP contribution is -2.53. The number of nitrogens with zero attached hydrogens (tertiary/aromatic N) is 1. The molecule has 4 aliphatic heterocycles. The molecule has 0 bridgehead atoms. The average Bonchev–Trinajstić information content (AvgIpc) is 3.42. The third kappa shape index (κ3) is 2.75. The molecule has 4 aliphatic rings. The van der Waals surface area contributed by atoms with Gasteiger partial charge in [-0.3, -0.25) is 24.6 Å². The van der Waals surface area contributed by atoms with E-state index in [2.05, 4.69) is 24.5 Å². The number of likely N-dealkylation sites (tertiary alicyclic amines) is 1. The van der Waals surface area contributed by atoms with Crippen LogP contribution in [0.1, 0.15) is 38.7 Å². The third-order valence-corrected chi connectivity index (χ3v) is 7.14. The molecule has 1 aromatic rings. The Morgan fingerprint density at radius 3 is 2.77 bits per heavy atom. The fourth-order valence-corrected chi connectivity index (χ4v) is 5.89. The molecule has 3 fully saturated rings. The first-order valence-corrected chi connectivity index (χ1v) is 11.1. The highest BCUT2D eigenvalue weighted by molar-refractivity contribution is 6.31. The lowest BCUT2D eigenvalue weighted by Gasteiger charge is -2.30. The number of hydrogen-bond acceptors (Lipinski definition) is 5. The Morgan fingerprint density at radius 1 is 1.27 bits per heavy atom. The Labute approximate surface area is 180 Å². The number of fused-ring (bicyclic) bond motifs is 4. The molecular formula is C22H26ClN3O4. The zero-order valence-corrected chi connectivity index (χ0v) is 17.9. The number of ether oxygens (including phenoxy) is 1. The molecular weight excluding hydrogens is 406 g/mol. The zero-order chi connectivity index (χ0) is 21.2. The van der Waals surface area contributed by atoms with Crippen LogP contribution in [0.25, 0.3) is 0 Å². The summed E-state index contributed by atoms with van der Waals surface area (Å²) >= 11 is 6.26. The van der Waals surface area contributed by atoms with Crippen LogP contribution in [0.2, 0.25) is 5.02 Å². The van der Waals surface area contributed by atoms with Gasteiger partial charge in [-0.15, -0.1) is 0 Å². The van der Waals surface area contributed by atoms with Crippen LogP contribution >= 0.6 is 11.6 Å². The Kier molecular flexibility index (Phi) is 4.69. The molecule has 1 aromatic carbocycles. The van der Waals surface area contributed by atoms with Gasteiger partial charge in [0.15, 0.2) is 0 Å². The van der Waals surface area contributed by atoms with Crippen molar-refractivity contribution in [3.05, 3.63) is 28.8 Å². The molecule has 0 aromatic heterocycles. The Balaban J connectivity index is 1.59. The minimum absolute atomic E-state index is 0.122. The van der Waals surface area contributed by atoms with E-state index < -0.39 is 17.4 Å². The topological polar surface area (TPSA) is 87.7 Å². The molecule has 0 aliphatic carbocycles. The SMILES string of the molecule is CC(C)C[C@@H]1N[C@@]2(C(=O)Nc3ccc(Cl)cc32)[C@H]2C(=O)N(C[C@@H]3CCCO3)C(=O)[C@@H]12. The summed E-state index contributed by atoms with van der Waals surface area (Å²) in [5, 5.41) is 6.83. The van der Waals surface area contributed by atoms with Crippen molar-refractivity contribution < 1.29 is 19.1 Å². The molecule has 30 heavy (non-hydrogen) atoms.